The van der Waals surface area contributed by atoms with Gasteiger partial charge in [-0.25, -0.2) is 9.18 Å². The summed E-state index contributed by atoms with van der Waals surface area (Å²) >= 11 is 11.2. The molecule has 0 fully saturated rings. The Labute approximate surface area is 113 Å². The molecule has 0 aliphatic carbocycles. The van der Waals surface area contributed by atoms with E-state index in [1.807, 2.05) is 0 Å². The number of rotatable bonds is 4. The third-order valence-corrected chi connectivity index (χ3v) is 2.80. The molecule has 0 saturated heterocycles. The Kier molecular flexibility index (Phi) is 5.34. The summed E-state index contributed by atoms with van der Waals surface area (Å²) in [6.07, 6.45) is -3.54. The van der Waals surface area contributed by atoms with E-state index in [1.165, 1.54) is 0 Å². The molecule has 0 heterocycles. The summed E-state index contributed by atoms with van der Waals surface area (Å²) in [6, 6.07) is 1.94. The summed E-state index contributed by atoms with van der Waals surface area (Å²) in [6.45, 7) is 1.59. The van der Waals surface area contributed by atoms with Crippen molar-refractivity contribution in [3.63, 3.8) is 0 Å². The van der Waals surface area contributed by atoms with Gasteiger partial charge in [0.2, 0.25) is 0 Å². The molecule has 0 radical (unpaired) electrons. The largest absolute Gasteiger partial charge is 0.464 e. The lowest BCUT2D eigenvalue weighted by molar-refractivity contribution is -0.159. The summed E-state index contributed by atoms with van der Waals surface area (Å²) in [5.74, 6) is -1.83. The van der Waals surface area contributed by atoms with Crippen LogP contribution in [0.4, 0.5) is 4.39 Å². The first-order valence-electron chi connectivity index (χ1n) is 5.05. The second-order valence-electron chi connectivity index (χ2n) is 3.43. The fraction of sp³-hybridized carbons (Fsp3) is 0.364. The van der Waals surface area contributed by atoms with E-state index in [0.29, 0.717) is 0 Å². The number of aliphatic hydroxyl groups excluding tert-OH is 2. The maximum Gasteiger partial charge on any atom is 0.338 e. The van der Waals surface area contributed by atoms with Crippen LogP contribution in [0.1, 0.15) is 18.6 Å². The fourth-order valence-electron chi connectivity index (χ4n) is 1.29. The third kappa shape index (κ3) is 3.32. The van der Waals surface area contributed by atoms with Crippen LogP contribution < -0.4 is 0 Å². The first-order chi connectivity index (χ1) is 8.38. The molecule has 0 spiro atoms. The van der Waals surface area contributed by atoms with E-state index in [9.17, 15) is 19.4 Å². The molecule has 0 bridgehead atoms. The van der Waals surface area contributed by atoms with Crippen molar-refractivity contribution in [3.05, 3.63) is 33.6 Å². The van der Waals surface area contributed by atoms with Crippen LogP contribution in [0.3, 0.4) is 0 Å². The number of ether oxygens (including phenoxy) is 1. The van der Waals surface area contributed by atoms with Crippen LogP contribution in [-0.4, -0.2) is 28.9 Å². The highest BCUT2D eigenvalue weighted by atomic mass is 35.5. The Morgan fingerprint density at radius 1 is 1.39 bits per heavy atom. The number of aliphatic hydroxyl groups is 2. The van der Waals surface area contributed by atoms with E-state index in [0.717, 1.165) is 12.1 Å². The SMILES string of the molecule is CCOC(=O)C(O)C(O)c1cc(F)c(Cl)cc1Cl. The average Bonchev–Trinajstić information content (AvgIpc) is 2.32. The third-order valence-electron chi connectivity index (χ3n) is 2.19. The number of carbonyl (C=O) groups excluding carboxylic acids is 1. The Morgan fingerprint density at radius 2 is 2.00 bits per heavy atom. The number of benzene rings is 1. The van der Waals surface area contributed by atoms with Crippen LogP contribution in [-0.2, 0) is 9.53 Å². The van der Waals surface area contributed by atoms with Crippen molar-refractivity contribution in [3.8, 4) is 0 Å². The topological polar surface area (TPSA) is 66.8 Å². The van der Waals surface area contributed by atoms with Crippen LogP contribution in [0.2, 0.25) is 10.0 Å². The molecule has 18 heavy (non-hydrogen) atoms. The summed E-state index contributed by atoms with van der Waals surface area (Å²) in [4.78, 5) is 11.2. The Morgan fingerprint density at radius 3 is 2.56 bits per heavy atom. The molecule has 2 N–H and O–H groups in total. The zero-order chi connectivity index (χ0) is 13.9. The molecular formula is C11H11Cl2FO4. The minimum atomic E-state index is -1.84. The second kappa shape index (κ2) is 6.33. The highest BCUT2D eigenvalue weighted by molar-refractivity contribution is 6.35. The minimum Gasteiger partial charge on any atom is -0.464 e. The van der Waals surface area contributed by atoms with Crippen LogP contribution in [0.15, 0.2) is 12.1 Å². The molecule has 1 rings (SSSR count). The van der Waals surface area contributed by atoms with Crippen LogP contribution >= 0.6 is 23.2 Å². The van der Waals surface area contributed by atoms with Gasteiger partial charge in [-0.1, -0.05) is 23.2 Å². The molecule has 7 heteroatoms. The fourth-order valence-corrected chi connectivity index (χ4v) is 1.79. The van der Waals surface area contributed by atoms with Gasteiger partial charge < -0.3 is 14.9 Å². The Hall–Kier alpha value is -0.880. The molecule has 4 nitrogen and oxygen atoms in total. The summed E-state index contributed by atoms with van der Waals surface area (Å²) in [7, 11) is 0. The van der Waals surface area contributed by atoms with Gasteiger partial charge in [-0.05, 0) is 19.1 Å². The van der Waals surface area contributed by atoms with Gasteiger partial charge in [0.15, 0.2) is 6.10 Å². The molecule has 0 amide bonds. The highest BCUT2D eigenvalue weighted by Gasteiger charge is 2.29. The first-order valence-corrected chi connectivity index (χ1v) is 5.81. The molecule has 1 aromatic rings. The Bertz CT molecular complexity index is 453. The highest BCUT2D eigenvalue weighted by Crippen LogP contribution is 2.30. The lowest BCUT2D eigenvalue weighted by Crippen LogP contribution is -2.30. The lowest BCUT2D eigenvalue weighted by atomic mass is 10.0. The monoisotopic (exact) mass is 296 g/mol. The van der Waals surface area contributed by atoms with Crippen LogP contribution in [0.25, 0.3) is 0 Å². The van der Waals surface area contributed by atoms with Gasteiger partial charge in [0, 0.05) is 10.6 Å². The summed E-state index contributed by atoms with van der Waals surface area (Å²) in [5, 5.41) is 19.0. The van der Waals surface area contributed by atoms with Crippen molar-refractivity contribution in [1.29, 1.82) is 0 Å². The predicted molar refractivity (Wildman–Crippen MR) is 64.0 cm³/mol. The maximum absolute atomic E-state index is 13.2. The van der Waals surface area contributed by atoms with Crippen molar-refractivity contribution in [1.82, 2.24) is 0 Å². The van der Waals surface area contributed by atoms with E-state index >= 15 is 0 Å². The van der Waals surface area contributed by atoms with E-state index in [2.05, 4.69) is 4.74 Å². The smallest absolute Gasteiger partial charge is 0.338 e. The van der Waals surface area contributed by atoms with Crippen LogP contribution in [0, 0.1) is 5.82 Å². The normalized spacial score (nSPS) is 14.1. The molecule has 0 saturated carbocycles. The zero-order valence-corrected chi connectivity index (χ0v) is 10.9. The molecule has 2 atom stereocenters. The maximum atomic E-state index is 13.2. The standard InChI is InChI=1S/C11H11Cl2FO4/c1-2-18-11(17)10(16)9(15)5-3-8(14)7(13)4-6(5)12/h3-4,9-10,15-16H,2H2,1H3. The number of carbonyl (C=O) groups is 1. The molecular weight excluding hydrogens is 286 g/mol. The molecule has 2 unspecified atom stereocenters. The molecule has 100 valence electrons. The lowest BCUT2D eigenvalue weighted by Gasteiger charge is -2.18. The number of halogens is 3. The van der Waals surface area contributed by atoms with Crippen molar-refractivity contribution in [2.75, 3.05) is 6.61 Å². The van der Waals surface area contributed by atoms with E-state index in [-0.39, 0.29) is 22.2 Å². The van der Waals surface area contributed by atoms with Crippen molar-refractivity contribution in [2.24, 2.45) is 0 Å². The number of hydrogen-bond donors (Lipinski definition) is 2. The van der Waals surface area contributed by atoms with Crippen molar-refractivity contribution >= 4 is 29.2 Å². The number of hydrogen-bond acceptors (Lipinski definition) is 4. The zero-order valence-electron chi connectivity index (χ0n) is 9.36. The van der Waals surface area contributed by atoms with Crippen molar-refractivity contribution in [2.45, 2.75) is 19.1 Å². The van der Waals surface area contributed by atoms with Gasteiger partial charge in [0.25, 0.3) is 0 Å². The van der Waals surface area contributed by atoms with E-state index in [1.54, 1.807) is 6.92 Å². The molecule has 0 aliphatic rings. The van der Waals surface area contributed by atoms with E-state index in [4.69, 9.17) is 23.2 Å². The Balaban J connectivity index is 3.00. The van der Waals surface area contributed by atoms with Gasteiger partial charge in [0.05, 0.1) is 11.6 Å². The first kappa shape index (κ1) is 15.2. The molecule has 1 aromatic carbocycles. The summed E-state index contributed by atoms with van der Waals surface area (Å²) < 4.78 is 17.8. The van der Waals surface area contributed by atoms with Gasteiger partial charge in [0.1, 0.15) is 11.9 Å². The van der Waals surface area contributed by atoms with Gasteiger partial charge in [-0.3, -0.25) is 0 Å². The van der Waals surface area contributed by atoms with Gasteiger partial charge in [-0.15, -0.1) is 0 Å². The van der Waals surface area contributed by atoms with Gasteiger partial charge in [-0.2, -0.15) is 0 Å². The van der Waals surface area contributed by atoms with Crippen LogP contribution in [0.5, 0.6) is 0 Å². The molecule has 0 aromatic heterocycles. The second-order valence-corrected chi connectivity index (χ2v) is 4.24. The number of esters is 1. The average molecular weight is 297 g/mol. The predicted octanol–water partition coefficient (Wildman–Crippen LogP) is 2.09. The quantitative estimate of drug-likeness (QED) is 0.659. The van der Waals surface area contributed by atoms with Crippen molar-refractivity contribution < 1.29 is 24.1 Å². The summed E-state index contributed by atoms with van der Waals surface area (Å²) in [5.41, 5.74) is -0.140. The minimum absolute atomic E-state index is 0.0469. The molecule has 0 aliphatic heterocycles. The van der Waals surface area contributed by atoms with Gasteiger partial charge >= 0.3 is 5.97 Å². The van der Waals surface area contributed by atoms with E-state index < -0.39 is 24.0 Å².